The highest BCUT2D eigenvalue weighted by atomic mass is 19.1. The van der Waals surface area contributed by atoms with Crippen LogP contribution in [0.2, 0.25) is 0 Å². The van der Waals surface area contributed by atoms with Crippen LogP contribution in [0.5, 0.6) is 5.75 Å². The fourth-order valence-electron chi connectivity index (χ4n) is 1.46. The first kappa shape index (κ1) is 14.0. The number of phenols is 1. The monoisotopic (exact) mass is 255 g/mol. The van der Waals surface area contributed by atoms with Gasteiger partial charge in [-0.15, -0.1) is 0 Å². The zero-order valence-corrected chi connectivity index (χ0v) is 9.81. The average molecular weight is 255 g/mol. The number of rotatable bonds is 5. The van der Waals surface area contributed by atoms with Gasteiger partial charge in [-0.25, -0.2) is 4.39 Å². The molecule has 0 aliphatic carbocycles. The molecule has 1 unspecified atom stereocenters. The highest BCUT2D eigenvalue weighted by Crippen LogP contribution is 2.19. The average Bonchev–Trinajstić information content (AvgIpc) is 2.25. The fraction of sp³-hybridized carbons (Fsp3) is 0.333. The maximum atomic E-state index is 13.3. The molecule has 1 atom stereocenters. The van der Waals surface area contributed by atoms with Gasteiger partial charge in [0.15, 0.2) is 0 Å². The highest BCUT2D eigenvalue weighted by molar-refractivity contribution is 5.97. The van der Waals surface area contributed by atoms with Crippen LogP contribution >= 0.6 is 0 Å². The van der Waals surface area contributed by atoms with Gasteiger partial charge in [-0.3, -0.25) is 9.59 Å². The lowest BCUT2D eigenvalue weighted by Crippen LogP contribution is -2.29. The minimum Gasteiger partial charge on any atom is -0.507 e. The summed E-state index contributed by atoms with van der Waals surface area (Å²) >= 11 is 0. The molecule has 1 rings (SSSR count). The Balaban J connectivity index is 2.63. The van der Waals surface area contributed by atoms with E-state index in [1.807, 2.05) is 0 Å². The van der Waals surface area contributed by atoms with Crippen LogP contribution in [0, 0.1) is 11.7 Å². The van der Waals surface area contributed by atoms with E-state index in [0.29, 0.717) is 0 Å². The Kier molecular flexibility index (Phi) is 4.65. The summed E-state index contributed by atoms with van der Waals surface area (Å²) in [5.74, 6) is -3.27. The van der Waals surface area contributed by atoms with Gasteiger partial charge in [0.05, 0.1) is 0 Å². The predicted molar refractivity (Wildman–Crippen MR) is 61.8 cm³/mol. The van der Waals surface area contributed by atoms with Crippen LogP contribution in [-0.2, 0) is 4.79 Å². The summed E-state index contributed by atoms with van der Waals surface area (Å²) in [7, 11) is 0. The summed E-state index contributed by atoms with van der Waals surface area (Å²) in [6.07, 6.45) is -0.0937. The second kappa shape index (κ2) is 6.00. The first-order valence-electron chi connectivity index (χ1n) is 5.39. The number of carbonyl (C=O) groups is 2. The number of carboxylic acids is 1. The number of halogens is 1. The molecule has 98 valence electrons. The number of aliphatic carboxylic acids is 1. The smallest absolute Gasteiger partial charge is 0.303 e. The number of nitrogens with one attached hydrogen (secondary N) is 1. The van der Waals surface area contributed by atoms with Crippen molar-refractivity contribution in [2.75, 3.05) is 6.54 Å². The Labute approximate surface area is 103 Å². The van der Waals surface area contributed by atoms with Crippen molar-refractivity contribution in [3.05, 3.63) is 29.6 Å². The second-order valence-electron chi connectivity index (χ2n) is 4.05. The van der Waals surface area contributed by atoms with Crippen molar-refractivity contribution in [3.63, 3.8) is 0 Å². The van der Waals surface area contributed by atoms with E-state index < -0.39 is 29.0 Å². The first-order chi connectivity index (χ1) is 8.41. The number of hydrogen-bond donors (Lipinski definition) is 3. The molecule has 0 radical (unpaired) electrons. The van der Waals surface area contributed by atoms with Crippen LogP contribution in [0.1, 0.15) is 23.7 Å². The molecule has 1 aromatic rings. The SMILES string of the molecule is CC(CNC(=O)c1c(O)cccc1F)CC(=O)O. The van der Waals surface area contributed by atoms with Gasteiger partial charge in [0.1, 0.15) is 17.1 Å². The molecule has 0 spiro atoms. The molecule has 0 aromatic heterocycles. The van der Waals surface area contributed by atoms with Gasteiger partial charge in [0, 0.05) is 13.0 Å². The van der Waals surface area contributed by atoms with E-state index in [4.69, 9.17) is 5.11 Å². The molecule has 5 nitrogen and oxygen atoms in total. The number of carboxylic acid groups (broad SMARTS) is 1. The number of amides is 1. The van der Waals surface area contributed by atoms with Crippen LogP contribution < -0.4 is 5.32 Å². The Morgan fingerprint density at radius 1 is 1.44 bits per heavy atom. The third-order valence-corrected chi connectivity index (χ3v) is 2.35. The van der Waals surface area contributed by atoms with Crippen LogP contribution in [0.15, 0.2) is 18.2 Å². The highest BCUT2D eigenvalue weighted by Gasteiger charge is 2.17. The Morgan fingerprint density at radius 3 is 2.67 bits per heavy atom. The lowest BCUT2D eigenvalue weighted by atomic mass is 10.1. The van der Waals surface area contributed by atoms with Crippen LogP contribution in [0.25, 0.3) is 0 Å². The third kappa shape index (κ3) is 3.73. The number of carbonyl (C=O) groups excluding carboxylic acids is 1. The topological polar surface area (TPSA) is 86.6 Å². The predicted octanol–water partition coefficient (Wildman–Crippen LogP) is 1.37. The van der Waals surface area contributed by atoms with Gasteiger partial charge in [-0.2, -0.15) is 0 Å². The molecule has 18 heavy (non-hydrogen) atoms. The van der Waals surface area contributed by atoms with Crippen molar-refractivity contribution >= 4 is 11.9 Å². The molecular weight excluding hydrogens is 241 g/mol. The number of hydrogen-bond acceptors (Lipinski definition) is 3. The molecule has 0 aliphatic rings. The maximum absolute atomic E-state index is 13.3. The summed E-state index contributed by atoms with van der Waals surface area (Å²) < 4.78 is 13.3. The quantitative estimate of drug-likeness (QED) is 0.741. The van der Waals surface area contributed by atoms with Crippen molar-refractivity contribution in [2.45, 2.75) is 13.3 Å². The van der Waals surface area contributed by atoms with E-state index in [2.05, 4.69) is 5.32 Å². The molecule has 0 fully saturated rings. The molecule has 3 N–H and O–H groups in total. The van der Waals surface area contributed by atoms with E-state index in [1.54, 1.807) is 6.92 Å². The molecule has 0 saturated heterocycles. The van der Waals surface area contributed by atoms with Crippen LogP contribution in [0.4, 0.5) is 4.39 Å². The minimum atomic E-state index is -0.967. The number of aromatic hydroxyl groups is 1. The van der Waals surface area contributed by atoms with Crippen molar-refractivity contribution in [2.24, 2.45) is 5.92 Å². The molecule has 0 saturated carbocycles. The van der Waals surface area contributed by atoms with Crippen molar-refractivity contribution in [1.82, 2.24) is 5.32 Å². The van der Waals surface area contributed by atoms with Crippen molar-refractivity contribution in [3.8, 4) is 5.75 Å². The van der Waals surface area contributed by atoms with E-state index in [-0.39, 0.29) is 18.9 Å². The number of benzene rings is 1. The van der Waals surface area contributed by atoms with Crippen molar-refractivity contribution < 1.29 is 24.2 Å². The molecule has 1 aromatic carbocycles. The molecule has 1 amide bonds. The number of phenolic OH excluding ortho intramolecular Hbond substituents is 1. The summed E-state index contributed by atoms with van der Waals surface area (Å²) in [6, 6.07) is 3.56. The molecular formula is C12H14FNO4. The second-order valence-corrected chi connectivity index (χ2v) is 4.05. The largest absolute Gasteiger partial charge is 0.507 e. The van der Waals surface area contributed by atoms with Gasteiger partial charge in [0.25, 0.3) is 5.91 Å². The third-order valence-electron chi connectivity index (χ3n) is 2.35. The summed E-state index contributed by atoms with van der Waals surface area (Å²) in [5, 5.41) is 20.3. The van der Waals surface area contributed by atoms with E-state index in [9.17, 15) is 19.1 Å². The van der Waals surface area contributed by atoms with Gasteiger partial charge in [-0.1, -0.05) is 13.0 Å². The Morgan fingerprint density at radius 2 is 2.11 bits per heavy atom. The van der Waals surface area contributed by atoms with E-state index in [1.165, 1.54) is 12.1 Å². The summed E-state index contributed by atoms with van der Waals surface area (Å²) in [5.41, 5.74) is -0.431. The summed E-state index contributed by atoms with van der Waals surface area (Å²) in [6.45, 7) is 1.74. The maximum Gasteiger partial charge on any atom is 0.303 e. The zero-order chi connectivity index (χ0) is 13.7. The molecule has 0 heterocycles. The Bertz CT molecular complexity index is 441. The zero-order valence-electron chi connectivity index (χ0n) is 9.81. The van der Waals surface area contributed by atoms with E-state index in [0.717, 1.165) is 6.07 Å². The normalized spacial score (nSPS) is 11.9. The van der Waals surface area contributed by atoms with Crippen LogP contribution in [0.3, 0.4) is 0 Å². The lowest BCUT2D eigenvalue weighted by Gasteiger charge is -2.11. The van der Waals surface area contributed by atoms with E-state index >= 15 is 0 Å². The lowest BCUT2D eigenvalue weighted by molar-refractivity contribution is -0.137. The standard InChI is InChI=1S/C12H14FNO4/c1-7(5-10(16)17)6-14-12(18)11-8(13)3-2-4-9(11)15/h2-4,7,15H,5-6H2,1H3,(H,14,18)(H,16,17). The van der Waals surface area contributed by atoms with Crippen molar-refractivity contribution in [1.29, 1.82) is 0 Å². The summed E-state index contributed by atoms with van der Waals surface area (Å²) in [4.78, 5) is 22.0. The molecule has 0 bridgehead atoms. The minimum absolute atomic E-state index is 0.0937. The van der Waals surface area contributed by atoms with Gasteiger partial charge in [0.2, 0.25) is 0 Å². The molecule has 6 heteroatoms. The Hall–Kier alpha value is -2.11. The first-order valence-corrected chi connectivity index (χ1v) is 5.39. The molecule has 0 aliphatic heterocycles. The van der Waals surface area contributed by atoms with Gasteiger partial charge >= 0.3 is 5.97 Å². The van der Waals surface area contributed by atoms with Gasteiger partial charge < -0.3 is 15.5 Å². The van der Waals surface area contributed by atoms with Crippen LogP contribution in [-0.4, -0.2) is 28.6 Å². The van der Waals surface area contributed by atoms with Gasteiger partial charge in [-0.05, 0) is 18.1 Å². The fourth-order valence-corrected chi connectivity index (χ4v) is 1.46.